The fourth-order valence-electron chi connectivity index (χ4n) is 7.51. The SMILES string of the molecule is Cc1ccc(-c2c(-c3ccc(C)cc3)c3c4ccccc4c4ccccc4c3c3c2ccc2ccc4ccccc4c23)cc1. The Kier molecular flexibility index (Phi) is 5.43. The van der Waals surface area contributed by atoms with E-state index in [9.17, 15) is 0 Å². The lowest BCUT2D eigenvalue weighted by atomic mass is 9.79. The molecule has 0 radical (unpaired) electrons. The Morgan fingerprint density at radius 3 is 1.36 bits per heavy atom. The first-order chi connectivity index (χ1) is 21.7. The van der Waals surface area contributed by atoms with Gasteiger partial charge in [-0.1, -0.05) is 157 Å². The Bertz CT molecular complexity index is 2580. The van der Waals surface area contributed by atoms with Crippen LogP contribution in [-0.4, -0.2) is 0 Å². The zero-order valence-electron chi connectivity index (χ0n) is 24.9. The van der Waals surface area contributed by atoms with Crippen LogP contribution in [0.4, 0.5) is 0 Å². The van der Waals surface area contributed by atoms with Crippen molar-refractivity contribution >= 4 is 64.6 Å². The maximum Gasteiger partial charge on any atom is -0.000719 e. The predicted octanol–water partition coefficient (Wildman–Crippen LogP) is 12.6. The van der Waals surface area contributed by atoms with E-state index in [-0.39, 0.29) is 0 Å². The van der Waals surface area contributed by atoms with E-state index in [4.69, 9.17) is 0 Å². The molecule has 9 rings (SSSR count). The predicted molar refractivity (Wildman–Crippen MR) is 192 cm³/mol. The summed E-state index contributed by atoms with van der Waals surface area (Å²) in [5, 5.41) is 15.6. The van der Waals surface area contributed by atoms with Crippen LogP contribution >= 0.6 is 0 Å². The van der Waals surface area contributed by atoms with Crippen LogP contribution in [0.3, 0.4) is 0 Å². The third-order valence-electron chi connectivity index (χ3n) is 9.54. The average molecular weight is 559 g/mol. The van der Waals surface area contributed by atoms with Crippen LogP contribution in [0.2, 0.25) is 0 Å². The minimum atomic E-state index is 1.25. The zero-order valence-corrected chi connectivity index (χ0v) is 24.9. The van der Waals surface area contributed by atoms with Crippen LogP contribution in [0, 0.1) is 13.8 Å². The molecule has 0 unspecified atom stereocenters. The molecule has 0 saturated carbocycles. The first-order valence-corrected chi connectivity index (χ1v) is 15.4. The van der Waals surface area contributed by atoms with Gasteiger partial charge >= 0.3 is 0 Å². The molecule has 44 heavy (non-hydrogen) atoms. The van der Waals surface area contributed by atoms with Gasteiger partial charge in [0.15, 0.2) is 0 Å². The van der Waals surface area contributed by atoms with E-state index in [0.717, 1.165) is 0 Å². The van der Waals surface area contributed by atoms with Gasteiger partial charge in [-0.15, -0.1) is 0 Å². The fraction of sp³-hybridized carbons (Fsp3) is 0.0455. The molecule has 0 bridgehead atoms. The highest BCUT2D eigenvalue weighted by atomic mass is 14.3. The first kappa shape index (κ1) is 25.1. The fourth-order valence-corrected chi connectivity index (χ4v) is 7.51. The Morgan fingerprint density at radius 1 is 0.273 bits per heavy atom. The largest absolute Gasteiger partial charge is 0.0616 e. The molecule has 0 aromatic heterocycles. The van der Waals surface area contributed by atoms with Crippen molar-refractivity contribution in [3.63, 3.8) is 0 Å². The van der Waals surface area contributed by atoms with Crippen molar-refractivity contribution in [2.24, 2.45) is 0 Å². The number of hydrogen-bond donors (Lipinski definition) is 0. The van der Waals surface area contributed by atoms with Crippen LogP contribution in [0.25, 0.3) is 86.9 Å². The second-order valence-corrected chi connectivity index (χ2v) is 12.2. The van der Waals surface area contributed by atoms with Gasteiger partial charge in [-0.2, -0.15) is 0 Å². The molecule has 0 nitrogen and oxygen atoms in total. The van der Waals surface area contributed by atoms with E-state index in [2.05, 4.69) is 159 Å². The summed E-state index contributed by atoms with van der Waals surface area (Å²) in [6.07, 6.45) is 0. The van der Waals surface area contributed by atoms with E-state index < -0.39 is 0 Å². The summed E-state index contributed by atoms with van der Waals surface area (Å²) in [4.78, 5) is 0. The lowest BCUT2D eigenvalue weighted by molar-refractivity contribution is 1.46. The molecule has 0 N–H and O–H groups in total. The molecule has 206 valence electrons. The summed E-state index contributed by atoms with van der Waals surface area (Å²) in [6, 6.07) is 54.4. The van der Waals surface area contributed by atoms with Gasteiger partial charge in [-0.05, 0) is 101 Å². The van der Waals surface area contributed by atoms with Crippen molar-refractivity contribution in [3.05, 3.63) is 157 Å². The monoisotopic (exact) mass is 558 g/mol. The Balaban J connectivity index is 1.70. The molecule has 0 aliphatic rings. The lowest BCUT2D eigenvalue weighted by Crippen LogP contribution is -1.95. The molecule has 0 saturated heterocycles. The van der Waals surface area contributed by atoms with E-state index in [0.29, 0.717) is 0 Å². The van der Waals surface area contributed by atoms with Crippen LogP contribution in [0.1, 0.15) is 11.1 Å². The van der Waals surface area contributed by atoms with Crippen molar-refractivity contribution in [1.82, 2.24) is 0 Å². The summed E-state index contributed by atoms with van der Waals surface area (Å²) < 4.78 is 0. The maximum absolute atomic E-state index is 2.38. The molecular formula is C44H30. The van der Waals surface area contributed by atoms with Gasteiger partial charge in [0.05, 0.1) is 0 Å². The van der Waals surface area contributed by atoms with Crippen LogP contribution in [0.5, 0.6) is 0 Å². The normalized spacial score (nSPS) is 11.9. The van der Waals surface area contributed by atoms with Gasteiger partial charge < -0.3 is 0 Å². The van der Waals surface area contributed by atoms with E-state index in [1.165, 1.54) is 98.0 Å². The minimum absolute atomic E-state index is 1.25. The summed E-state index contributed by atoms with van der Waals surface area (Å²) in [5.41, 5.74) is 7.63. The molecule has 0 aliphatic heterocycles. The zero-order chi connectivity index (χ0) is 29.4. The van der Waals surface area contributed by atoms with Gasteiger partial charge in [0.1, 0.15) is 0 Å². The highest BCUT2D eigenvalue weighted by molar-refractivity contribution is 6.42. The van der Waals surface area contributed by atoms with Gasteiger partial charge in [0.2, 0.25) is 0 Å². The molecular weight excluding hydrogens is 528 g/mol. The number of rotatable bonds is 2. The van der Waals surface area contributed by atoms with Crippen molar-refractivity contribution in [3.8, 4) is 22.3 Å². The topological polar surface area (TPSA) is 0 Å². The van der Waals surface area contributed by atoms with Crippen LogP contribution in [-0.2, 0) is 0 Å². The molecule has 9 aromatic rings. The minimum Gasteiger partial charge on any atom is -0.0616 e. The van der Waals surface area contributed by atoms with Crippen LogP contribution in [0.15, 0.2) is 146 Å². The standard InChI is InChI=1S/C44H30/c1-27-15-19-30(20-16-27)40-38-26-25-31-24-23-29-9-3-4-10-33(29)39(31)44(38)43-37-14-8-6-12-35(37)34-11-5-7-13-36(34)42(43)41(40)32-21-17-28(2)18-22-32/h3-26H,1-2H3. The molecule has 0 atom stereocenters. The molecule has 0 heterocycles. The molecule has 0 spiro atoms. The van der Waals surface area contributed by atoms with Crippen molar-refractivity contribution in [2.75, 3.05) is 0 Å². The molecule has 0 fully saturated rings. The third kappa shape index (κ3) is 3.58. The van der Waals surface area contributed by atoms with Crippen molar-refractivity contribution in [1.29, 1.82) is 0 Å². The Morgan fingerprint density at radius 2 is 0.727 bits per heavy atom. The van der Waals surface area contributed by atoms with Crippen molar-refractivity contribution < 1.29 is 0 Å². The Labute approximate surface area is 256 Å². The molecule has 0 amide bonds. The van der Waals surface area contributed by atoms with Crippen molar-refractivity contribution in [2.45, 2.75) is 13.8 Å². The molecule has 9 aromatic carbocycles. The summed E-state index contributed by atoms with van der Waals surface area (Å²) >= 11 is 0. The number of aryl methyl sites for hydroxylation is 2. The quantitative estimate of drug-likeness (QED) is 0.185. The first-order valence-electron chi connectivity index (χ1n) is 15.4. The molecule has 0 aliphatic carbocycles. The molecule has 0 heteroatoms. The Hall–Kier alpha value is -5.46. The second kappa shape index (κ2) is 9.53. The summed E-state index contributed by atoms with van der Waals surface area (Å²) in [5.74, 6) is 0. The average Bonchev–Trinajstić information content (AvgIpc) is 3.08. The van der Waals surface area contributed by atoms with E-state index in [1.807, 2.05) is 0 Å². The highest BCUT2D eigenvalue weighted by Gasteiger charge is 2.23. The number of fused-ring (bicyclic) bond motifs is 12. The summed E-state index contributed by atoms with van der Waals surface area (Å²) in [7, 11) is 0. The van der Waals surface area contributed by atoms with Gasteiger partial charge in [0, 0.05) is 0 Å². The van der Waals surface area contributed by atoms with E-state index in [1.54, 1.807) is 0 Å². The summed E-state index contributed by atoms with van der Waals surface area (Å²) in [6.45, 7) is 4.34. The highest BCUT2D eigenvalue weighted by Crippen LogP contribution is 2.51. The lowest BCUT2D eigenvalue weighted by Gasteiger charge is -2.23. The maximum atomic E-state index is 2.38. The van der Waals surface area contributed by atoms with Gasteiger partial charge in [-0.3, -0.25) is 0 Å². The number of benzene rings is 9. The van der Waals surface area contributed by atoms with Crippen LogP contribution < -0.4 is 0 Å². The van der Waals surface area contributed by atoms with Gasteiger partial charge in [0.25, 0.3) is 0 Å². The van der Waals surface area contributed by atoms with E-state index >= 15 is 0 Å². The smallest absolute Gasteiger partial charge is 0.000719 e. The number of hydrogen-bond acceptors (Lipinski definition) is 0. The van der Waals surface area contributed by atoms with Gasteiger partial charge in [-0.25, -0.2) is 0 Å². The second-order valence-electron chi connectivity index (χ2n) is 12.2. The third-order valence-corrected chi connectivity index (χ3v) is 9.54.